The minimum atomic E-state index is -1.13. The molecule has 6 heteroatoms. The van der Waals surface area contributed by atoms with E-state index >= 15 is 0 Å². The second kappa shape index (κ2) is 8.63. The molecule has 0 saturated carbocycles. The molecule has 0 aliphatic carbocycles. The fraction of sp³-hybridized carbons (Fsp3) is 0.211. The largest absolute Gasteiger partial charge is 0.480 e. The highest BCUT2D eigenvalue weighted by Crippen LogP contribution is 2.04. The molecule has 0 aromatic heterocycles. The van der Waals surface area contributed by atoms with Gasteiger partial charge in [0.15, 0.2) is 0 Å². The van der Waals surface area contributed by atoms with Crippen molar-refractivity contribution in [2.75, 3.05) is 0 Å². The first-order valence-corrected chi connectivity index (χ1v) is 7.90. The van der Waals surface area contributed by atoms with E-state index in [1.165, 1.54) is 6.92 Å². The molecule has 25 heavy (non-hydrogen) atoms. The summed E-state index contributed by atoms with van der Waals surface area (Å²) in [5, 5.41) is 14.4. The Labute approximate surface area is 145 Å². The summed E-state index contributed by atoms with van der Waals surface area (Å²) in [6, 6.07) is 15.6. The third-order valence-electron chi connectivity index (χ3n) is 3.67. The summed E-state index contributed by atoms with van der Waals surface area (Å²) < 4.78 is 0. The van der Waals surface area contributed by atoms with E-state index in [1.807, 2.05) is 6.07 Å². The molecule has 0 fully saturated rings. The zero-order valence-electron chi connectivity index (χ0n) is 13.8. The number of benzene rings is 2. The molecule has 6 nitrogen and oxygen atoms in total. The maximum absolute atomic E-state index is 12.2. The Bertz CT molecular complexity index is 732. The molecule has 0 heterocycles. The number of nitrogens with one attached hydrogen (secondary N) is 2. The Morgan fingerprint density at radius 3 is 2.04 bits per heavy atom. The second-order valence-electron chi connectivity index (χ2n) is 5.65. The summed E-state index contributed by atoms with van der Waals surface area (Å²) in [4.78, 5) is 35.7. The number of carbonyl (C=O) groups excluding carboxylic acids is 2. The van der Waals surface area contributed by atoms with Gasteiger partial charge in [-0.15, -0.1) is 0 Å². The molecule has 2 aromatic rings. The fourth-order valence-corrected chi connectivity index (χ4v) is 2.28. The summed E-state index contributed by atoms with van der Waals surface area (Å²) in [7, 11) is 0. The summed E-state index contributed by atoms with van der Waals surface area (Å²) in [5.41, 5.74) is 1.23. The minimum Gasteiger partial charge on any atom is -0.480 e. The Morgan fingerprint density at radius 1 is 0.920 bits per heavy atom. The van der Waals surface area contributed by atoms with E-state index in [4.69, 9.17) is 0 Å². The Morgan fingerprint density at radius 2 is 1.48 bits per heavy atom. The normalized spacial score (nSPS) is 12.7. The minimum absolute atomic E-state index is 0.168. The van der Waals surface area contributed by atoms with Crippen LogP contribution >= 0.6 is 0 Å². The van der Waals surface area contributed by atoms with Gasteiger partial charge in [-0.05, 0) is 24.6 Å². The lowest BCUT2D eigenvalue weighted by atomic mass is 10.1. The average Bonchev–Trinajstić information content (AvgIpc) is 2.62. The molecule has 130 valence electrons. The second-order valence-corrected chi connectivity index (χ2v) is 5.65. The SMILES string of the molecule is CC(NC(=O)c1ccccc1)C(=O)NC(Cc1ccccc1)C(=O)O. The lowest BCUT2D eigenvalue weighted by Crippen LogP contribution is -2.51. The lowest BCUT2D eigenvalue weighted by molar-refractivity contribution is -0.142. The van der Waals surface area contributed by atoms with Gasteiger partial charge >= 0.3 is 5.97 Å². The number of rotatable bonds is 7. The molecule has 2 unspecified atom stereocenters. The number of carbonyl (C=O) groups is 3. The molecule has 2 rings (SSSR count). The van der Waals surface area contributed by atoms with Crippen LogP contribution in [0.1, 0.15) is 22.8 Å². The molecular weight excluding hydrogens is 320 g/mol. The Kier molecular flexibility index (Phi) is 6.28. The highest BCUT2D eigenvalue weighted by atomic mass is 16.4. The highest BCUT2D eigenvalue weighted by molar-refractivity contribution is 5.97. The van der Waals surface area contributed by atoms with Crippen LogP contribution in [0.2, 0.25) is 0 Å². The van der Waals surface area contributed by atoms with Gasteiger partial charge in [-0.25, -0.2) is 4.79 Å². The summed E-state index contributed by atoms with van der Waals surface area (Å²) in [6.45, 7) is 1.51. The quantitative estimate of drug-likeness (QED) is 0.714. The Hall–Kier alpha value is -3.15. The van der Waals surface area contributed by atoms with Gasteiger partial charge in [-0.3, -0.25) is 9.59 Å². The summed E-state index contributed by atoms with van der Waals surface area (Å²) in [6.07, 6.45) is 0.168. The lowest BCUT2D eigenvalue weighted by Gasteiger charge is -2.19. The summed E-state index contributed by atoms with van der Waals surface area (Å²) in [5.74, 6) is -2.07. The first kappa shape index (κ1) is 18.2. The van der Waals surface area contributed by atoms with Crippen molar-refractivity contribution < 1.29 is 19.5 Å². The molecule has 2 aromatic carbocycles. The average molecular weight is 340 g/mol. The maximum atomic E-state index is 12.2. The van der Waals surface area contributed by atoms with E-state index in [1.54, 1.807) is 54.6 Å². The van der Waals surface area contributed by atoms with Gasteiger partial charge in [0, 0.05) is 12.0 Å². The third kappa shape index (κ3) is 5.46. The van der Waals surface area contributed by atoms with Crippen molar-refractivity contribution in [2.24, 2.45) is 0 Å². The zero-order chi connectivity index (χ0) is 18.2. The van der Waals surface area contributed by atoms with E-state index in [0.717, 1.165) is 5.56 Å². The molecule has 0 spiro atoms. The van der Waals surface area contributed by atoms with Crippen LogP contribution in [0.25, 0.3) is 0 Å². The Balaban J connectivity index is 1.95. The standard InChI is InChI=1S/C19H20N2O4/c1-13(20-18(23)15-10-6-3-7-11-15)17(22)21-16(19(24)25)12-14-8-4-2-5-9-14/h2-11,13,16H,12H2,1H3,(H,20,23)(H,21,22)(H,24,25). The third-order valence-corrected chi connectivity index (χ3v) is 3.67. The number of hydrogen-bond acceptors (Lipinski definition) is 3. The van der Waals surface area contributed by atoms with Crippen LogP contribution in [0.4, 0.5) is 0 Å². The van der Waals surface area contributed by atoms with Crippen molar-refractivity contribution in [3.8, 4) is 0 Å². The summed E-state index contributed by atoms with van der Waals surface area (Å²) >= 11 is 0. The van der Waals surface area contributed by atoms with Gasteiger partial charge in [0.1, 0.15) is 12.1 Å². The first-order valence-electron chi connectivity index (χ1n) is 7.90. The molecule has 0 radical (unpaired) electrons. The topological polar surface area (TPSA) is 95.5 Å². The zero-order valence-corrected chi connectivity index (χ0v) is 13.8. The van der Waals surface area contributed by atoms with Gasteiger partial charge in [-0.1, -0.05) is 48.5 Å². The van der Waals surface area contributed by atoms with Gasteiger partial charge in [-0.2, -0.15) is 0 Å². The number of carboxylic acid groups (broad SMARTS) is 1. The van der Waals surface area contributed by atoms with Crippen molar-refractivity contribution >= 4 is 17.8 Å². The van der Waals surface area contributed by atoms with E-state index in [9.17, 15) is 19.5 Å². The fourth-order valence-electron chi connectivity index (χ4n) is 2.28. The van der Waals surface area contributed by atoms with Gasteiger partial charge in [0.2, 0.25) is 5.91 Å². The van der Waals surface area contributed by atoms with Crippen LogP contribution in [0, 0.1) is 0 Å². The van der Waals surface area contributed by atoms with Crippen LogP contribution < -0.4 is 10.6 Å². The van der Waals surface area contributed by atoms with Crippen molar-refractivity contribution in [3.63, 3.8) is 0 Å². The molecule has 3 N–H and O–H groups in total. The molecule has 0 bridgehead atoms. The molecule has 2 amide bonds. The molecule has 2 atom stereocenters. The van der Waals surface area contributed by atoms with Crippen LogP contribution in [0.15, 0.2) is 60.7 Å². The predicted molar refractivity (Wildman–Crippen MR) is 93.1 cm³/mol. The van der Waals surface area contributed by atoms with E-state index in [0.29, 0.717) is 5.56 Å². The maximum Gasteiger partial charge on any atom is 0.326 e. The van der Waals surface area contributed by atoms with Crippen LogP contribution in [-0.4, -0.2) is 35.0 Å². The van der Waals surface area contributed by atoms with E-state index in [-0.39, 0.29) is 6.42 Å². The smallest absolute Gasteiger partial charge is 0.326 e. The van der Waals surface area contributed by atoms with E-state index < -0.39 is 29.9 Å². The molecule has 0 saturated heterocycles. The predicted octanol–water partition coefficient (Wildman–Crippen LogP) is 1.62. The molecule has 0 aliphatic heterocycles. The number of hydrogen-bond donors (Lipinski definition) is 3. The molecular formula is C19H20N2O4. The van der Waals surface area contributed by atoms with Crippen molar-refractivity contribution in [1.82, 2.24) is 10.6 Å². The van der Waals surface area contributed by atoms with Crippen molar-refractivity contribution in [2.45, 2.75) is 25.4 Å². The van der Waals surface area contributed by atoms with Gasteiger partial charge in [0.25, 0.3) is 5.91 Å². The van der Waals surface area contributed by atoms with Crippen LogP contribution in [0.5, 0.6) is 0 Å². The number of aliphatic carboxylic acids is 1. The number of carboxylic acids is 1. The van der Waals surface area contributed by atoms with Gasteiger partial charge in [0.05, 0.1) is 0 Å². The number of amides is 2. The highest BCUT2D eigenvalue weighted by Gasteiger charge is 2.24. The van der Waals surface area contributed by atoms with Crippen molar-refractivity contribution in [3.05, 3.63) is 71.8 Å². The van der Waals surface area contributed by atoms with Crippen LogP contribution in [0.3, 0.4) is 0 Å². The van der Waals surface area contributed by atoms with Crippen LogP contribution in [-0.2, 0) is 16.0 Å². The van der Waals surface area contributed by atoms with Crippen molar-refractivity contribution in [1.29, 1.82) is 0 Å². The van der Waals surface area contributed by atoms with Gasteiger partial charge < -0.3 is 15.7 Å². The molecule has 0 aliphatic rings. The van der Waals surface area contributed by atoms with E-state index in [2.05, 4.69) is 10.6 Å². The first-order chi connectivity index (χ1) is 12.0. The monoisotopic (exact) mass is 340 g/mol.